The minimum Gasteiger partial charge on any atom is -0.255 e. The first kappa shape index (κ1) is 7.22. The zero-order chi connectivity index (χ0) is 8.39. The van der Waals surface area contributed by atoms with Crippen LogP contribution in [-0.2, 0) is 6.42 Å². The molecule has 2 aromatic rings. The average Bonchev–Trinajstić information content (AvgIpc) is 2.17. The number of pyridine rings is 2. The molecule has 0 N–H and O–H groups in total. The Kier molecular flexibility index (Phi) is 1.74. The largest absolute Gasteiger partial charge is 0.255 e. The zero-order valence-corrected chi connectivity index (χ0v) is 6.70. The van der Waals surface area contributed by atoms with Crippen LogP contribution in [0.15, 0.2) is 30.6 Å². The third kappa shape index (κ3) is 1.16. The van der Waals surface area contributed by atoms with Gasteiger partial charge in [0.1, 0.15) is 0 Å². The first-order valence-corrected chi connectivity index (χ1v) is 3.89. The molecule has 0 atom stereocenters. The second-order valence-electron chi connectivity index (χ2n) is 2.64. The molecule has 0 saturated carbocycles. The fourth-order valence-corrected chi connectivity index (χ4v) is 1.13. The van der Waals surface area contributed by atoms with Gasteiger partial charge in [-0.1, -0.05) is 0 Å². The maximum absolute atomic E-state index is 4.25. The molecular weight excluding hydrogens is 148 g/mol. The Morgan fingerprint density at radius 2 is 2.17 bits per heavy atom. The molecule has 2 nitrogen and oxygen atoms in total. The Morgan fingerprint density at radius 1 is 1.25 bits per heavy atom. The van der Waals surface area contributed by atoms with Gasteiger partial charge in [-0.15, -0.1) is 0 Å². The average molecular weight is 157 g/mol. The fraction of sp³-hybridized carbons (Fsp3) is 0.100. The Labute approximate surface area is 71.3 Å². The van der Waals surface area contributed by atoms with Crippen LogP contribution in [0, 0.1) is 6.92 Å². The Hall–Kier alpha value is -1.44. The molecule has 2 rings (SSSR count). The number of hydrogen-bond donors (Lipinski definition) is 0. The Morgan fingerprint density at radius 3 is 3.00 bits per heavy atom. The lowest BCUT2D eigenvalue weighted by molar-refractivity contribution is 1.21. The van der Waals surface area contributed by atoms with Crippen LogP contribution >= 0.6 is 0 Å². The first-order chi connectivity index (χ1) is 5.90. The molecule has 0 spiro atoms. The molecule has 0 amide bonds. The summed E-state index contributed by atoms with van der Waals surface area (Å²) in [4.78, 5) is 8.45. The molecule has 0 saturated heterocycles. The van der Waals surface area contributed by atoms with Crippen molar-refractivity contribution in [3.8, 4) is 0 Å². The molecule has 0 aliphatic carbocycles. The summed E-state index contributed by atoms with van der Waals surface area (Å²) >= 11 is 0. The summed E-state index contributed by atoms with van der Waals surface area (Å²) in [7, 11) is 0. The molecule has 59 valence electrons. The quantitative estimate of drug-likeness (QED) is 0.632. The van der Waals surface area contributed by atoms with Gasteiger partial charge in [-0.05, 0) is 37.1 Å². The normalized spacial score (nSPS) is 10.4. The van der Waals surface area contributed by atoms with Gasteiger partial charge < -0.3 is 0 Å². The van der Waals surface area contributed by atoms with Crippen LogP contribution in [0.4, 0.5) is 0 Å². The van der Waals surface area contributed by atoms with E-state index in [0.29, 0.717) is 0 Å². The van der Waals surface area contributed by atoms with Gasteiger partial charge in [0, 0.05) is 12.4 Å². The van der Waals surface area contributed by atoms with Crippen molar-refractivity contribution < 1.29 is 0 Å². The minimum atomic E-state index is 0.763. The predicted molar refractivity (Wildman–Crippen MR) is 48.6 cm³/mol. The maximum atomic E-state index is 4.25. The zero-order valence-electron chi connectivity index (χ0n) is 6.70. The number of aromatic nitrogens is 2. The highest BCUT2D eigenvalue weighted by molar-refractivity contribution is 5.73. The second-order valence-corrected chi connectivity index (χ2v) is 2.64. The third-order valence-electron chi connectivity index (χ3n) is 1.80. The van der Waals surface area contributed by atoms with Crippen LogP contribution in [-0.4, -0.2) is 9.97 Å². The third-order valence-corrected chi connectivity index (χ3v) is 1.80. The van der Waals surface area contributed by atoms with Crippen LogP contribution in [0.5, 0.6) is 0 Å². The van der Waals surface area contributed by atoms with Crippen molar-refractivity contribution in [1.29, 1.82) is 0 Å². The summed E-state index contributed by atoms with van der Waals surface area (Å²) in [5, 5.41) is 0. The SMILES string of the molecule is [CH2]Cc1cnc2cccnc2c1. The van der Waals surface area contributed by atoms with Gasteiger partial charge in [-0.3, -0.25) is 9.97 Å². The molecule has 12 heavy (non-hydrogen) atoms. The highest BCUT2D eigenvalue weighted by atomic mass is 14.7. The summed E-state index contributed by atoms with van der Waals surface area (Å²) < 4.78 is 0. The molecule has 2 heteroatoms. The van der Waals surface area contributed by atoms with E-state index in [1.807, 2.05) is 24.4 Å². The van der Waals surface area contributed by atoms with Gasteiger partial charge in [-0.25, -0.2) is 0 Å². The Balaban J connectivity index is 2.67. The molecule has 0 fully saturated rings. The van der Waals surface area contributed by atoms with E-state index < -0.39 is 0 Å². The lowest BCUT2D eigenvalue weighted by Crippen LogP contribution is -1.86. The van der Waals surface area contributed by atoms with Crippen molar-refractivity contribution in [1.82, 2.24) is 9.97 Å². The van der Waals surface area contributed by atoms with Crippen molar-refractivity contribution in [2.24, 2.45) is 0 Å². The van der Waals surface area contributed by atoms with E-state index in [0.717, 1.165) is 23.0 Å². The Bertz CT molecular complexity index is 396. The first-order valence-electron chi connectivity index (χ1n) is 3.89. The molecule has 1 radical (unpaired) electrons. The maximum Gasteiger partial charge on any atom is 0.0889 e. The summed E-state index contributed by atoms with van der Waals surface area (Å²) in [6.45, 7) is 3.79. The van der Waals surface area contributed by atoms with Crippen LogP contribution in [0.25, 0.3) is 11.0 Å². The van der Waals surface area contributed by atoms with E-state index in [4.69, 9.17) is 0 Å². The van der Waals surface area contributed by atoms with E-state index >= 15 is 0 Å². The van der Waals surface area contributed by atoms with Gasteiger partial charge in [0.15, 0.2) is 0 Å². The van der Waals surface area contributed by atoms with Gasteiger partial charge in [0.2, 0.25) is 0 Å². The van der Waals surface area contributed by atoms with Crippen LogP contribution in [0.3, 0.4) is 0 Å². The summed E-state index contributed by atoms with van der Waals surface area (Å²) in [5.74, 6) is 0. The predicted octanol–water partition coefficient (Wildman–Crippen LogP) is 2.01. The topological polar surface area (TPSA) is 25.8 Å². The molecule has 0 aromatic carbocycles. The molecule has 0 unspecified atom stereocenters. The molecule has 2 aromatic heterocycles. The lowest BCUT2D eigenvalue weighted by atomic mass is 10.2. The van der Waals surface area contributed by atoms with E-state index in [2.05, 4.69) is 16.9 Å². The second kappa shape index (κ2) is 2.89. The highest BCUT2D eigenvalue weighted by Crippen LogP contribution is 2.09. The summed E-state index contributed by atoms with van der Waals surface area (Å²) in [6.07, 6.45) is 4.38. The lowest BCUT2D eigenvalue weighted by Gasteiger charge is -1.97. The molecule has 0 bridgehead atoms. The minimum absolute atomic E-state index is 0.763. The van der Waals surface area contributed by atoms with Gasteiger partial charge in [0.25, 0.3) is 0 Å². The van der Waals surface area contributed by atoms with Crippen molar-refractivity contribution >= 4 is 11.0 Å². The van der Waals surface area contributed by atoms with E-state index in [1.165, 1.54) is 0 Å². The molecular formula is C10H9N2. The van der Waals surface area contributed by atoms with Crippen molar-refractivity contribution in [2.45, 2.75) is 6.42 Å². The van der Waals surface area contributed by atoms with Crippen LogP contribution in [0.1, 0.15) is 5.56 Å². The fourth-order valence-electron chi connectivity index (χ4n) is 1.13. The summed E-state index contributed by atoms with van der Waals surface area (Å²) in [6, 6.07) is 5.86. The van der Waals surface area contributed by atoms with Gasteiger partial charge in [-0.2, -0.15) is 0 Å². The van der Waals surface area contributed by atoms with Crippen molar-refractivity contribution in [2.75, 3.05) is 0 Å². The summed E-state index contributed by atoms with van der Waals surface area (Å²) in [5.41, 5.74) is 3.01. The standard InChI is InChI=1S/C10H9N2/c1-2-8-6-10-9(12-7-8)4-3-5-11-10/h3-7H,1-2H2. The smallest absolute Gasteiger partial charge is 0.0889 e. The van der Waals surface area contributed by atoms with E-state index in [1.54, 1.807) is 6.20 Å². The van der Waals surface area contributed by atoms with Gasteiger partial charge in [0.05, 0.1) is 11.0 Å². The van der Waals surface area contributed by atoms with Crippen molar-refractivity contribution in [3.63, 3.8) is 0 Å². The number of fused-ring (bicyclic) bond motifs is 1. The van der Waals surface area contributed by atoms with Crippen molar-refractivity contribution in [3.05, 3.63) is 43.1 Å². The molecule has 0 aliphatic rings. The van der Waals surface area contributed by atoms with E-state index in [9.17, 15) is 0 Å². The van der Waals surface area contributed by atoms with Gasteiger partial charge >= 0.3 is 0 Å². The van der Waals surface area contributed by atoms with Crippen LogP contribution in [0.2, 0.25) is 0 Å². The molecule has 0 aliphatic heterocycles. The highest BCUT2D eigenvalue weighted by Gasteiger charge is 1.95. The number of nitrogens with zero attached hydrogens (tertiary/aromatic N) is 2. The monoisotopic (exact) mass is 157 g/mol. The number of rotatable bonds is 1. The number of hydrogen-bond acceptors (Lipinski definition) is 2. The van der Waals surface area contributed by atoms with E-state index in [-0.39, 0.29) is 0 Å². The van der Waals surface area contributed by atoms with Crippen LogP contribution < -0.4 is 0 Å². The molecule has 2 heterocycles.